The van der Waals surface area contributed by atoms with Crippen LogP contribution >= 0.6 is 0 Å². The van der Waals surface area contributed by atoms with E-state index in [4.69, 9.17) is 5.10 Å². The van der Waals surface area contributed by atoms with Gasteiger partial charge >= 0.3 is 0 Å². The van der Waals surface area contributed by atoms with Crippen LogP contribution < -0.4 is 0 Å². The Kier molecular flexibility index (Phi) is 5.90. The van der Waals surface area contributed by atoms with Crippen LogP contribution in [0.1, 0.15) is 63.4 Å². The molecular formula is C30H35FN4. The zero-order valence-electron chi connectivity index (χ0n) is 21.1. The molecule has 1 fully saturated rings. The van der Waals surface area contributed by atoms with E-state index in [0.29, 0.717) is 12.8 Å². The van der Waals surface area contributed by atoms with Crippen molar-refractivity contribution >= 4 is 17.3 Å². The number of hydrogen-bond donors (Lipinski definition) is 0. The van der Waals surface area contributed by atoms with Crippen molar-refractivity contribution in [1.29, 1.82) is 0 Å². The zero-order chi connectivity index (χ0) is 24.8. The maximum atomic E-state index is 13.6. The average molecular weight is 471 g/mol. The quantitative estimate of drug-likeness (QED) is 0.469. The Morgan fingerprint density at radius 1 is 1.14 bits per heavy atom. The van der Waals surface area contributed by atoms with Gasteiger partial charge in [-0.15, -0.1) is 0 Å². The molecule has 5 rings (SSSR count). The Balaban J connectivity index is 1.55. The van der Waals surface area contributed by atoms with Gasteiger partial charge in [0, 0.05) is 42.5 Å². The highest BCUT2D eigenvalue weighted by Crippen LogP contribution is 2.52. The molecule has 0 radical (unpaired) electrons. The summed E-state index contributed by atoms with van der Waals surface area (Å²) in [6, 6.07) is 6.03. The predicted octanol–water partition coefficient (Wildman–Crippen LogP) is 7.06. The minimum Gasteiger partial charge on any atom is -0.374 e. The van der Waals surface area contributed by atoms with E-state index in [1.807, 2.05) is 35.3 Å². The summed E-state index contributed by atoms with van der Waals surface area (Å²) in [6.07, 6.45) is 13.4. The Morgan fingerprint density at radius 3 is 2.66 bits per heavy atom. The average Bonchev–Trinajstić information content (AvgIpc) is 3.24. The summed E-state index contributed by atoms with van der Waals surface area (Å²) < 4.78 is 15.6. The summed E-state index contributed by atoms with van der Waals surface area (Å²) in [5.74, 6) is -0.0679. The summed E-state index contributed by atoms with van der Waals surface area (Å²) in [6.45, 7) is 17.7. The van der Waals surface area contributed by atoms with Gasteiger partial charge in [-0.3, -0.25) is 4.98 Å². The molecule has 35 heavy (non-hydrogen) atoms. The molecule has 0 N–H and O–H groups in total. The van der Waals surface area contributed by atoms with Crippen LogP contribution in [0.3, 0.4) is 0 Å². The second-order valence-corrected chi connectivity index (χ2v) is 11.3. The molecule has 0 bridgehead atoms. The van der Waals surface area contributed by atoms with E-state index >= 15 is 0 Å². The molecular weight excluding hydrogens is 435 g/mol. The van der Waals surface area contributed by atoms with Crippen molar-refractivity contribution in [2.24, 2.45) is 10.8 Å². The van der Waals surface area contributed by atoms with E-state index in [9.17, 15) is 4.39 Å². The smallest absolute Gasteiger partial charge is 0.100 e. The van der Waals surface area contributed by atoms with Crippen molar-refractivity contribution < 1.29 is 4.39 Å². The number of pyridine rings is 1. The van der Waals surface area contributed by atoms with Crippen molar-refractivity contribution in [3.63, 3.8) is 0 Å². The molecule has 2 aliphatic carbocycles. The third-order valence-corrected chi connectivity index (χ3v) is 7.50. The highest BCUT2D eigenvalue weighted by Gasteiger charge is 2.46. The molecule has 0 saturated carbocycles. The Labute approximate surface area is 208 Å². The first kappa shape index (κ1) is 23.5. The first-order valence-electron chi connectivity index (χ1n) is 12.5. The summed E-state index contributed by atoms with van der Waals surface area (Å²) >= 11 is 0. The largest absolute Gasteiger partial charge is 0.374 e. The summed E-state index contributed by atoms with van der Waals surface area (Å²) in [4.78, 5) is 7.13. The van der Waals surface area contributed by atoms with Crippen molar-refractivity contribution in [2.75, 3.05) is 13.1 Å². The lowest BCUT2D eigenvalue weighted by Crippen LogP contribution is -2.47. The predicted molar refractivity (Wildman–Crippen MR) is 142 cm³/mol. The van der Waals surface area contributed by atoms with E-state index < -0.39 is 0 Å². The Hall–Kier alpha value is -3.21. The minimum absolute atomic E-state index is 0.0679. The van der Waals surface area contributed by atoms with Crippen LogP contribution in [-0.4, -0.2) is 32.8 Å². The lowest BCUT2D eigenvalue weighted by atomic mass is 9.63. The van der Waals surface area contributed by atoms with Crippen LogP contribution in [0.25, 0.3) is 17.3 Å². The Morgan fingerprint density at radius 2 is 1.97 bits per heavy atom. The van der Waals surface area contributed by atoms with Gasteiger partial charge < -0.3 is 4.90 Å². The number of piperidine rings is 1. The lowest BCUT2D eigenvalue weighted by Gasteiger charge is -2.49. The van der Waals surface area contributed by atoms with Crippen molar-refractivity contribution in [3.05, 3.63) is 90.0 Å². The molecule has 1 atom stereocenters. The fourth-order valence-electron chi connectivity index (χ4n) is 5.74. The SMILES string of the molecule is C=C(CC(C)(C)C)N1CCC2=Cc3c(cnn3C3=CC=C(F)CC3)CC2(C(=C)c2ccccn2)C1. The van der Waals surface area contributed by atoms with Gasteiger partial charge in [0.2, 0.25) is 0 Å². The van der Waals surface area contributed by atoms with Gasteiger partial charge in [-0.25, -0.2) is 9.07 Å². The van der Waals surface area contributed by atoms with Gasteiger partial charge in [0.05, 0.1) is 17.6 Å². The van der Waals surface area contributed by atoms with Crippen LogP contribution in [-0.2, 0) is 6.42 Å². The molecule has 3 heterocycles. The number of fused-ring (bicyclic) bond motifs is 2. The molecule has 0 aromatic carbocycles. The van der Waals surface area contributed by atoms with E-state index in [0.717, 1.165) is 55.0 Å². The highest BCUT2D eigenvalue weighted by molar-refractivity contribution is 5.77. The fourth-order valence-corrected chi connectivity index (χ4v) is 5.74. The number of rotatable bonds is 5. The second-order valence-electron chi connectivity index (χ2n) is 11.3. The van der Waals surface area contributed by atoms with Crippen LogP contribution in [0.15, 0.2) is 73.0 Å². The lowest BCUT2D eigenvalue weighted by molar-refractivity contribution is 0.201. The molecule has 1 saturated heterocycles. The molecule has 5 heteroatoms. The first-order chi connectivity index (χ1) is 16.7. The van der Waals surface area contributed by atoms with Gasteiger partial charge in [0.1, 0.15) is 5.83 Å². The Bertz CT molecular complexity index is 1260. The number of halogens is 1. The monoisotopic (exact) mass is 470 g/mol. The normalized spacial score (nSPS) is 21.9. The zero-order valence-corrected chi connectivity index (χ0v) is 21.1. The van der Waals surface area contributed by atoms with Crippen LogP contribution in [0.2, 0.25) is 0 Å². The summed E-state index contributed by atoms with van der Waals surface area (Å²) in [5.41, 5.74) is 7.83. The standard InChI is InChI=1S/C30H35FN4/c1-21(17-29(3,4)5)34-15-13-24-16-28-23(19-33-35(28)26-11-9-25(31)10-12-26)18-30(24,20-34)22(2)27-8-6-7-14-32-27/h6-9,11,14,16,19H,1-2,10,12-13,15,17-18,20H2,3-5H3. The molecule has 2 aromatic rings. The third kappa shape index (κ3) is 4.44. The fraction of sp³-hybridized carbons (Fsp3) is 0.400. The highest BCUT2D eigenvalue weighted by atomic mass is 19.1. The van der Waals surface area contributed by atoms with Gasteiger partial charge in [0.25, 0.3) is 0 Å². The van der Waals surface area contributed by atoms with Crippen molar-refractivity contribution in [3.8, 4) is 0 Å². The number of hydrogen-bond acceptors (Lipinski definition) is 3. The molecule has 182 valence electrons. The van der Waals surface area contributed by atoms with E-state index in [2.05, 4.69) is 56.0 Å². The molecule has 2 aromatic heterocycles. The second kappa shape index (κ2) is 8.78. The van der Waals surface area contributed by atoms with E-state index in [-0.39, 0.29) is 16.7 Å². The minimum atomic E-state index is -0.263. The van der Waals surface area contributed by atoms with E-state index in [1.54, 1.807) is 6.08 Å². The van der Waals surface area contributed by atoms with Crippen LogP contribution in [0.5, 0.6) is 0 Å². The van der Waals surface area contributed by atoms with Crippen molar-refractivity contribution in [1.82, 2.24) is 19.7 Å². The van der Waals surface area contributed by atoms with E-state index in [1.165, 1.54) is 16.8 Å². The molecule has 0 spiro atoms. The van der Waals surface area contributed by atoms with Crippen LogP contribution in [0.4, 0.5) is 4.39 Å². The molecule has 4 nitrogen and oxygen atoms in total. The van der Waals surface area contributed by atoms with Gasteiger partial charge in [-0.2, -0.15) is 5.10 Å². The number of aromatic nitrogens is 3. The number of allylic oxidation sites excluding steroid dienone is 5. The molecule has 3 aliphatic rings. The summed E-state index contributed by atoms with van der Waals surface area (Å²) in [5, 5.41) is 4.75. The molecule has 0 amide bonds. The number of nitrogens with zero attached hydrogens (tertiary/aromatic N) is 4. The van der Waals surface area contributed by atoms with Gasteiger partial charge in [0.15, 0.2) is 0 Å². The van der Waals surface area contributed by atoms with Gasteiger partial charge in [-0.1, -0.05) is 45.6 Å². The maximum absolute atomic E-state index is 13.6. The van der Waals surface area contributed by atoms with Crippen molar-refractivity contribution in [2.45, 2.75) is 52.9 Å². The molecule has 1 aliphatic heterocycles. The first-order valence-corrected chi connectivity index (χ1v) is 12.5. The topological polar surface area (TPSA) is 34.0 Å². The molecule has 1 unspecified atom stereocenters. The summed E-state index contributed by atoms with van der Waals surface area (Å²) in [7, 11) is 0. The number of likely N-dealkylation sites (tertiary alicyclic amines) is 1. The third-order valence-electron chi connectivity index (χ3n) is 7.50. The maximum Gasteiger partial charge on any atom is 0.100 e. The van der Waals surface area contributed by atoms with Gasteiger partial charge in [-0.05, 0) is 72.6 Å². The van der Waals surface area contributed by atoms with Crippen LogP contribution in [0, 0.1) is 10.8 Å².